The SMILES string of the molecule is COc1cc2c(cc1OC)N(C(=O)c1sc3ccccc3c1Cl)CCC2. The van der Waals surface area contributed by atoms with Gasteiger partial charge < -0.3 is 14.4 Å². The maximum absolute atomic E-state index is 13.3. The molecule has 0 atom stereocenters. The minimum absolute atomic E-state index is 0.0654. The number of fused-ring (bicyclic) bond motifs is 2. The quantitative estimate of drug-likeness (QED) is 0.622. The summed E-state index contributed by atoms with van der Waals surface area (Å²) in [7, 11) is 3.22. The van der Waals surface area contributed by atoms with Crippen molar-refractivity contribution in [3.05, 3.63) is 51.9 Å². The smallest absolute Gasteiger partial charge is 0.269 e. The van der Waals surface area contributed by atoms with Crippen molar-refractivity contribution in [3.63, 3.8) is 0 Å². The molecule has 2 heterocycles. The van der Waals surface area contributed by atoms with E-state index in [0.29, 0.717) is 27.9 Å². The lowest BCUT2D eigenvalue weighted by Crippen LogP contribution is -2.35. The van der Waals surface area contributed by atoms with E-state index in [0.717, 1.165) is 34.2 Å². The molecule has 26 heavy (non-hydrogen) atoms. The van der Waals surface area contributed by atoms with Crippen molar-refractivity contribution in [2.75, 3.05) is 25.7 Å². The van der Waals surface area contributed by atoms with Crippen LogP contribution in [0, 0.1) is 0 Å². The molecule has 0 fully saturated rings. The van der Waals surface area contributed by atoms with Gasteiger partial charge in [0.15, 0.2) is 11.5 Å². The second kappa shape index (κ2) is 6.82. The summed E-state index contributed by atoms with van der Waals surface area (Å²) in [4.78, 5) is 15.7. The number of carbonyl (C=O) groups excluding carboxylic acids is 1. The standard InChI is InChI=1S/C20H18ClNO3S/c1-24-15-10-12-6-5-9-22(14(12)11-16(15)25-2)20(23)19-18(21)13-7-3-4-8-17(13)26-19/h3-4,7-8,10-11H,5-6,9H2,1-2H3. The van der Waals surface area contributed by atoms with E-state index >= 15 is 0 Å². The Kier molecular flexibility index (Phi) is 4.51. The maximum Gasteiger partial charge on any atom is 0.269 e. The maximum atomic E-state index is 13.3. The number of hydrogen-bond acceptors (Lipinski definition) is 4. The Morgan fingerprint density at radius 3 is 2.62 bits per heavy atom. The molecule has 4 nitrogen and oxygen atoms in total. The van der Waals surface area contributed by atoms with E-state index in [9.17, 15) is 4.79 Å². The van der Waals surface area contributed by atoms with Crippen molar-refractivity contribution in [2.45, 2.75) is 12.8 Å². The summed E-state index contributed by atoms with van der Waals surface area (Å²) < 4.78 is 11.8. The number of thiophene rings is 1. The molecule has 1 amide bonds. The van der Waals surface area contributed by atoms with Crippen LogP contribution in [0.1, 0.15) is 21.7 Å². The first kappa shape index (κ1) is 17.2. The van der Waals surface area contributed by atoms with Crippen LogP contribution in [-0.4, -0.2) is 26.7 Å². The molecule has 0 aliphatic carbocycles. The molecule has 0 unspecified atom stereocenters. The zero-order chi connectivity index (χ0) is 18.3. The van der Waals surface area contributed by atoms with E-state index in [4.69, 9.17) is 21.1 Å². The molecule has 4 rings (SSSR count). The summed E-state index contributed by atoms with van der Waals surface area (Å²) in [5.41, 5.74) is 1.95. The van der Waals surface area contributed by atoms with Gasteiger partial charge in [-0.3, -0.25) is 4.79 Å². The number of halogens is 1. The number of hydrogen-bond donors (Lipinski definition) is 0. The largest absolute Gasteiger partial charge is 0.493 e. The fraction of sp³-hybridized carbons (Fsp3) is 0.250. The number of aryl methyl sites for hydroxylation is 1. The summed E-state index contributed by atoms with van der Waals surface area (Å²) in [5, 5.41) is 1.45. The minimum atomic E-state index is -0.0654. The van der Waals surface area contributed by atoms with E-state index in [2.05, 4.69) is 0 Å². The zero-order valence-electron chi connectivity index (χ0n) is 14.5. The Balaban J connectivity index is 1.79. The van der Waals surface area contributed by atoms with Crippen LogP contribution in [0.5, 0.6) is 11.5 Å². The number of nitrogens with zero attached hydrogens (tertiary/aromatic N) is 1. The molecule has 1 aromatic heterocycles. The molecule has 0 radical (unpaired) electrons. The highest BCUT2D eigenvalue weighted by molar-refractivity contribution is 7.21. The van der Waals surface area contributed by atoms with E-state index < -0.39 is 0 Å². The lowest BCUT2D eigenvalue weighted by Gasteiger charge is -2.30. The molecule has 2 aromatic carbocycles. The highest BCUT2D eigenvalue weighted by Crippen LogP contribution is 2.41. The number of rotatable bonds is 3. The summed E-state index contributed by atoms with van der Waals surface area (Å²) in [6.07, 6.45) is 1.80. The zero-order valence-corrected chi connectivity index (χ0v) is 16.1. The molecule has 0 spiro atoms. The van der Waals surface area contributed by atoms with Crippen molar-refractivity contribution in [3.8, 4) is 11.5 Å². The average molecular weight is 388 g/mol. The van der Waals surface area contributed by atoms with Gasteiger partial charge in [-0.1, -0.05) is 29.8 Å². The van der Waals surface area contributed by atoms with Crippen molar-refractivity contribution in [1.82, 2.24) is 0 Å². The predicted octanol–water partition coefficient (Wildman–Crippen LogP) is 5.16. The molecular weight excluding hydrogens is 370 g/mol. The Hall–Kier alpha value is -2.24. The average Bonchev–Trinajstić information content (AvgIpc) is 3.02. The Morgan fingerprint density at radius 1 is 1.15 bits per heavy atom. The van der Waals surface area contributed by atoms with E-state index in [1.807, 2.05) is 36.4 Å². The topological polar surface area (TPSA) is 38.8 Å². The van der Waals surface area contributed by atoms with Gasteiger partial charge in [0.25, 0.3) is 5.91 Å². The molecule has 0 saturated heterocycles. The normalized spacial score (nSPS) is 13.6. The molecule has 3 aromatic rings. The lowest BCUT2D eigenvalue weighted by atomic mass is 10.0. The third-order valence-corrected chi connectivity index (χ3v) is 6.34. The van der Waals surface area contributed by atoms with Crippen molar-refractivity contribution in [1.29, 1.82) is 0 Å². The van der Waals surface area contributed by atoms with Crippen molar-refractivity contribution >= 4 is 44.6 Å². The number of benzene rings is 2. The van der Waals surface area contributed by atoms with Gasteiger partial charge in [-0.15, -0.1) is 11.3 Å². The molecule has 0 N–H and O–H groups in total. The van der Waals surface area contributed by atoms with Gasteiger partial charge in [0.1, 0.15) is 4.88 Å². The summed E-state index contributed by atoms with van der Waals surface area (Å²) in [6.45, 7) is 0.659. The van der Waals surface area contributed by atoms with Crippen LogP contribution in [0.2, 0.25) is 5.02 Å². The highest BCUT2D eigenvalue weighted by atomic mass is 35.5. The highest BCUT2D eigenvalue weighted by Gasteiger charge is 2.28. The van der Waals surface area contributed by atoms with Crippen LogP contribution in [-0.2, 0) is 6.42 Å². The number of ether oxygens (including phenoxy) is 2. The summed E-state index contributed by atoms with van der Waals surface area (Å²) in [6, 6.07) is 11.7. The number of carbonyl (C=O) groups is 1. The van der Waals surface area contributed by atoms with Gasteiger partial charge in [0.2, 0.25) is 0 Å². The lowest BCUT2D eigenvalue weighted by molar-refractivity contribution is 0.0989. The van der Waals surface area contributed by atoms with Gasteiger partial charge in [-0.05, 0) is 30.5 Å². The first-order valence-electron chi connectivity index (χ1n) is 8.38. The fourth-order valence-corrected chi connectivity index (χ4v) is 4.86. The Labute approximate surface area is 160 Å². The molecule has 134 valence electrons. The molecule has 6 heteroatoms. The van der Waals surface area contributed by atoms with Gasteiger partial charge in [0, 0.05) is 22.7 Å². The van der Waals surface area contributed by atoms with Gasteiger partial charge in [0.05, 0.1) is 24.9 Å². The van der Waals surface area contributed by atoms with Crippen LogP contribution in [0.15, 0.2) is 36.4 Å². The van der Waals surface area contributed by atoms with Gasteiger partial charge in [-0.25, -0.2) is 0 Å². The third kappa shape index (κ3) is 2.72. The molecular formula is C20H18ClNO3S. The van der Waals surface area contributed by atoms with Gasteiger partial charge in [-0.2, -0.15) is 0 Å². The predicted molar refractivity (Wildman–Crippen MR) is 106 cm³/mol. The van der Waals surface area contributed by atoms with Crippen LogP contribution in [0.4, 0.5) is 5.69 Å². The number of anilines is 1. The Morgan fingerprint density at radius 2 is 1.88 bits per heavy atom. The first-order chi connectivity index (χ1) is 12.6. The molecule has 0 bridgehead atoms. The Bertz CT molecular complexity index is 998. The molecule has 1 aliphatic rings. The van der Waals surface area contributed by atoms with Crippen molar-refractivity contribution < 1.29 is 14.3 Å². The fourth-order valence-electron chi connectivity index (χ4n) is 3.40. The van der Waals surface area contributed by atoms with E-state index in [1.54, 1.807) is 19.1 Å². The third-order valence-electron chi connectivity index (χ3n) is 4.68. The molecule has 0 saturated carbocycles. The van der Waals surface area contributed by atoms with Crippen LogP contribution >= 0.6 is 22.9 Å². The molecule has 1 aliphatic heterocycles. The monoisotopic (exact) mass is 387 g/mol. The van der Waals surface area contributed by atoms with Crippen LogP contribution in [0.25, 0.3) is 10.1 Å². The summed E-state index contributed by atoms with van der Waals surface area (Å²) >= 11 is 7.96. The van der Waals surface area contributed by atoms with E-state index in [-0.39, 0.29) is 5.91 Å². The van der Waals surface area contributed by atoms with E-state index in [1.165, 1.54) is 11.3 Å². The van der Waals surface area contributed by atoms with Gasteiger partial charge >= 0.3 is 0 Å². The number of methoxy groups -OCH3 is 2. The van der Waals surface area contributed by atoms with Crippen molar-refractivity contribution in [2.24, 2.45) is 0 Å². The summed E-state index contributed by atoms with van der Waals surface area (Å²) in [5.74, 6) is 1.23. The second-order valence-electron chi connectivity index (χ2n) is 6.14. The number of amides is 1. The van der Waals surface area contributed by atoms with Crippen LogP contribution in [0.3, 0.4) is 0 Å². The van der Waals surface area contributed by atoms with Crippen LogP contribution < -0.4 is 14.4 Å². The second-order valence-corrected chi connectivity index (χ2v) is 7.57. The first-order valence-corrected chi connectivity index (χ1v) is 9.57. The minimum Gasteiger partial charge on any atom is -0.493 e.